The first kappa shape index (κ1) is 18.4. The molecule has 1 amide bonds. The maximum absolute atomic E-state index is 12.7. The number of aromatic nitrogens is 1. The summed E-state index contributed by atoms with van der Waals surface area (Å²) in [4.78, 5) is 18.8. The monoisotopic (exact) mass is 379 g/mol. The van der Waals surface area contributed by atoms with E-state index in [4.69, 9.17) is 9.15 Å². The van der Waals surface area contributed by atoms with Crippen molar-refractivity contribution in [2.75, 3.05) is 31.3 Å². The Morgan fingerprint density at radius 3 is 2.65 bits per heavy atom. The van der Waals surface area contributed by atoms with Crippen LogP contribution in [0.25, 0.3) is 0 Å². The quantitative estimate of drug-likeness (QED) is 0.780. The van der Waals surface area contributed by atoms with Crippen LogP contribution in [0.1, 0.15) is 27.7 Å². The molecule has 2 heterocycles. The molecular weight excluding hydrogens is 358 g/mol. The van der Waals surface area contributed by atoms with Crippen LogP contribution in [-0.4, -0.2) is 51.2 Å². The molecule has 1 aromatic heterocycles. The number of anilines is 1. The summed E-state index contributed by atoms with van der Waals surface area (Å²) in [5.41, 5.74) is 1.76. The molecular formula is C17H21N3O5S. The summed E-state index contributed by atoms with van der Waals surface area (Å²) in [7, 11) is -0.290. The van der Waals surface area contributed by atoms with Gasteiger partial charge in [-0.25, -0.2) is 13.4 Å². The molecule has 1 aliphatic heterocycles. The summed E-state index contributed by atoms with van der Waals surface area (Å²) in [6.45, 7) is 1.22. The van der Waals surface area contributed by atoms with E-state index in [0.29, 0.717) is 43.3 Å². The predicted molar refractivity (Wildman–Crippen MR) is 95.3 cm³/mol. The fourth-order valence-electron chi connectivity index (χ4n) is 2.80. The van der Waals surface area contributed by atoms with Crippen molar-refractivity contribution in [3.63, 3.8) is 0 Å². The molecule has 3 rings (SSSR count). The Morgan fingerprint density at radius 1 is 1.35 bits per heavy atom. The second kappa shape index (κ2) is 7.08. The van der Waals surface area contributed by atoms with Crippen molar-refractivity contribution >= 4 is 21.6 Å². The van der Waals surface area contributed by atoms with Crippen molar-refractivity contribution in [2.45, 2.75) is 19.6 Å². The van der Waals surface area contributed by atoms with Gasteiger partial charge in [-0.3, -0.25) is 9.10 Å². The highest BCUT2D eigenvalue weighted by Crippen LogP contribution is 2.23. The van der Waals surface area contributed by atoms with E-state index >= 15 is 0 Å². The normalized spacial score (nSPS) is 14.2. The van der Waals surface area contributed by atoms with Gasteiger partial charge in [0.2, 0.25) is 15.9 Å². The lowest BCUT2D eigenvalue weighted by Gasteiger charge is -2.25. The molecule has 0 bridgehead atoms. The molecule has 1 aliphatic rings. The van der Waals surface area contributed by atoms with Crippen LogP contribution in [0.15, 0.2) is 28.7 Å². The standard InChI is InChI=1S/C17H21N3O5S/c1-19(26(3,22)23)13-6-4-12(5-7-13)17(21)20-9-8-15-14(10-20)18-16(25-15)11-24-2/h4-7H,8-11H2,1-3H3. The van der Waals surface area contributed by atoms with E-state index in [9.17, 15) is 13.2 Å². The fourth-order valence-corrected chi connectivity index (χ4v) is 3.30. The maximum atomic E-state index is 12.7. The Kier molecular flexibility index (Phi) is 5.01. The van der Waals surface area contributed by atoms with Crippen molar-refractivity contribution in [1.82, 2.24) is 9.88 Å². The minimum atomic E-state index is -3.34. The van der Waals surface area contributed by atoms with E-state index in [0.717, 1.165) is 17.7 Å². The van der Waals surface area contributed by atoms with Crippen LogP contribution >= 0.6 is 0 Å². The Hall–Kier alpha value is -2.39. The Bertz CT molecular complexity index is 905. The number of carbonyl (C=O) groups excluding carboxylic acids is 1. The van der Waals surface area contributed by atoms with Gasteiger partial charge in [0, 0.05) is 32.7 Å². The van der Waals surface area contributed by atoms with E-state index in [1.807, 2.05) is 0 Å². The third kappa shape index (κ3) is 3.73. The molecule has 2 aromatic rings. The fraction of sp³-hybridized carbons (Fsp3) is 0.412. The average Bonchev–Trinajstić information content (AvgIpc) is 3.01. The molecule has 8 nitrogen and oxygen atoms in total. The predicted octanol–water partition coefficient (Wildman–Crippen LogP) is 1.42. The van der Waals surface area contributed by atoms with Gasteiger partial charge in [-0.1, -0.05) is 0 Å². The molecule has 0 atom stereocenters. The van der Waals surface area contributed by atoms with Crippen LogP contribution in [0.4, 0.5) is 5.69 Å². The van der Waals surface area contributed by atoms with Crippen LogP contribution in [0.3, 0.4) is 0 Å². The largest absolute Gasteiger partial charge is 0.443 e. The zero-order chi connectivity index (χ0) is 18.9. The summed E-state index contributed by atoms with van der Waals surface area (Å²) in [5, 5.41) is 0. The molecule has 140 valence electrons. The summed E-state index contributed by atoms with van der Waals surface area (Å²) in [6.07, 6.45) is 1.74. The van der Waals surface area contributed by atoms with E-state index in [2.05, 4.69) is 4.98 Å². The molecule has 0 fully saturated rings. The number of carbonyl (C=O) groups is 1. The molecule has 0 spiro atoms. The molecule has 26 heavy (non-hydrogen) atoms. The number of oxazole rings is 1. The zero-order valence-electron chi connectivity index (χ0n) is 14.9. The molecule has 0 aliphatic carbocycles. The third-order valence-electron chi connectivity index (χ3n) is 4.30. The van der Waals surface area contributed by atoms with Gasteiger partial charge < -0.3 is 14.1 Å². The molecule has 0 N–H and O–H groups in total. The van der Waals surface area contributed by atoms with Crippen LogP contribution in [0.5, 0.6) is 0 Å². The van der Waals surface area contributed by atoms with Gasteiger partial charge in [-0.15, -0.1) is 0 Å². The summed E-state index contributed by atoms with van der Waals surface area (Å²) >= 11 is 0. The lowest BCUT2D eigenvalue weighted by molar-refractivity contribution is 0.0727. The number of methoxy groups -OCH3 is 1. The van der Waals surface area contributed by atoms with E-state index in [1.165, 1.54) is 11.4 Å². The van der Waals surface area contributed by atoms with Crippen LogP contribution in [0, 0.1) is 0 Å². The zero-order valence-corrected chi connectivity index (χ0v) is 15.7. The van der Waals surface area contributed by atoms with Gasteiger partial charge >= 0.3 is 0 Å². The highest BCUT2D eigenvalue weighted by atomic mass is 32.2. The van der Waals surface area contributed by atoms with Crippen molar-refractivity contribution in [3.05, 3.63) is 47.2 Å². The smallest absolute Gasteiger partial charge is 0.254 e. The third-order valence-corrected chi connectivity index (χ3v) is 5.51. The molecule has 1 aromatic carbocycles. The van der Waals surface area contributed by atoms with Crippen molar-refractivity contribution < 1.29 is 22.4 Å². The van der Waals surface area contributed by atoms with Gasteiger partial charge in [-0.05, 0) is 24.3 Å². The molecule has 0 saturated heterocycles. The first-order valence-electron chi connectivity index (χ1n) is 8.09. The number of hydrogen-bond acceptors (Lipinski definition) is 6. The summed E-state index contributed by atoms with van der Waals surface area (Å²) in [5.74, 6) is 1.19. The number of hydrogen-bond donors (Lipinski definition) is 0. The number of ether oxygens (including phenoxy) is 1. The number of rotatable bonds is 5. The lowest BCUT2D eigenvalue weighted by atomic mass is 10.1. The summed E-state index contributed by atoms with van der Waals surface area (Å²) in [6, 6.07) is 6.51. The average molecular weight is 379 g/mol. The second-order valence-corrected chi connectivity index (χ2v) is 8.18. The van der Waals surface area contributed by atoms with Crippen LogP contribution < -0.4 is 4.31 Å². The topological polar surface area (TPSA) is 93.0 Å². The number of sulfonamides is 1. The molecule has 0 radical (unpaired) electrons. The Morgan fingerprint density at radius 2 is 2.04 bits per heavy atom. The second-order valence-electron chi connectivity index (χ2n) is 6.16. The first-order chi connectivity index (χ1) is 12.3. The molecule has 0 unspecified atom stereocenters. The number of benzene rings is 1. The minimum Gasteiger partial charge on any atom is -0.443 e. The Balaban J connectivity index is 1.73. The maximum Gasteiger partial charge on any atom is 0.254 e. The van der Waals surface area contributed by atoms with Gasteiger partial charge in [0.25, 0.3) is 5.91 Å². The van der Waals surface area contributed by atoms with Gasteiger partial charge in [0.1, 0.15) is 18.1 Å². The number of amides is 1. The van der Waals surface area contributed by atoms with Crippen molar-refractivity contribution in [2.24, 2.45) is 0 Å². The first-order valence-corrected chi connectivity index (χ1v) is 9.94. The van der Waals surface area contributed by atoms with Crippen molar-refractivity contribution in [1.29, 1.82) is 0 Å². The van der Waals surface area contributed by atoms with Gasteiger partial charge in [0.15, 0.2) is 0 Å². The highest BCUT2D eigenvalue weighted by molar-refractivity contribution is 7.92. The van der Waals surface area contributed by atoms with E-state index in [1.54, 1.807) is 36.3 Å². The Labute approximate surface area is 152 Å². The lowest BCUT2D eigenvalue weighted by Crippen LogP contribution is -2.35. The molecule has 0 saturated carbocycles. The van der Waals surface area contributed by atoms with Crippen molar-refractivity contribution in [3.8, 4) is 0 Å². The minimum absolute atomic E-state index is 0.125. The SMILES string of the molecule is COCc1nc2c(o1)CCN(C(=O)c1ccc(N(C)S(C)(=O)=O)cc1)C2. The summed E-state index contributed by atoms with van der Waals surface area (Å²) < 4.78 is 35.0. The van der Waals surface area contributed by atoms with E-state index in [-0.39, 0.29) is 5.91 Å². The van der Waals surface area contributed by atoms with Crippen LogP contribution in [-0.2, 0) is 34.3 Å². The number of fused-ring (bicyclic) bond motifs is 1. The highest BCUT2D eigenvalue weighted by Gasteiger charge is 2.26. The van der Waals surface area contributed by atoms with E-state index < -0.39 is 10.0 Å². The van der Waals surface area contributed by atoms with Crippen LogP contribution in [0.2, 0.25) is 0 Å². The van der Waals surface area contributed by atoms with Gasteiger partial charge in [-0.2, -0.15) is 0 Å². The number of nitrogens with zero attached hydrogens (tertiary/aromatic N) is 3. The van der Waals surface area contributed by atoms with Gasteiger partial charge in [0.05, 0.1) is 18.5 Å². The molecule has 9 heteroatoms.